The third-order valence-electron chi connectivity index (χ3n) is 3.78. The number of methoxy groups -OCH3 is 1. The fraction of sp³-hybridized carbons (Fsp3) is 0.632. The van der Waals surface area contributed by atoms with Crippen molar-refractivity contribution < 1.29 is 9.47 Å². The van der Waals surface area contributed by atoms with Crippen LogP contribution in [0.3, 0.4) is 0 Å². The fourth-order valence-corrected chi connectivity index (χ4v) is 2.13. The molecular weight excluding hydrogens is 443 g/mol. The average molecular weight is 478 g/mol. The molecule has 0 amide bonds. The molecule has 0 radical (unpaired) electrons. The number of aliphatic imine (C=N–C) groups is 1. The molecule has 6 nitrogen and oxygen atoms in total. The van der Waals surface area contributed by atoms with Gasteiger partial charge in [-0.3, -0.25) is 0 Å². The number of nitrogens with one attached hydrogen (secondary N) is 1. The molecule has 0 atom stereocenters. The van der Waals surface area contributed by atoms with E-state index in [0.29, 0.717) is 25.0 Å². The van der Waals surface area contributed by atoms with E-state index in [1.165, 1.54) is 0 Å². The number of nitrogens with zero attached hydrogens (tertiary/aromatic N) is 2. The predicted octanol–water partition coefficient (Wildman–Crippen LogP) is 2.71. The number of hydrogen-bond donors (Lipinski definition) is 2. The Hall–Kier alpha value is -1.06. The van der Waals surface area contributed by atoms with E-state index in [1.807, 2.05) is 24.3 Å². The highest BCUT2D eigenvalue weighted by atomic mass is 127. The number of halogens is 1. The number of hydrogen-bond acceptors (Lipinski definition) is 4. The van der Waals surface area contributed by atoms with Gasteiger partial charge in [-0.15, -0.1) is 24.0 Å². The molecule has 26 heavy (non-hydrogen) atoms. The number of guanidine groups is 1. The third-order valence-corrected chi connectivity index (χ3v) is 3.78. The van der Waals surface area contributed by atoms with Crippen LogP contribution in [0.1, 0.15) is 25.8 Å². The maximum atomic E-state index is 5.89. The second-order valence-electron chi connectivity index (χ2n) is 6.60. The van der Waals surface area contributed by atoms with Crippen LogP contribution in [-0.2, 0) is 11.3 Å². The van der Waals surface area contributed by atoms with Crippen LogP contribution in [0, 0.1) is 5.92 Å². The predicted molar refractivity (Wildman–Crippen MR) is 120 cm³/mol. The van der Waals surface area contributed by atoms with Gasteiger partial charge in [0, 0.05) is 26.7 Å². The van der Waals surface area contributed by atoms with Crippen LogP contribution in [0.5, 0.6) is 5.75 Å². The number of rotatable bonds is 12. The molecule has 7 heteroatoms. The molecule has 1 aromatic carbocycles. The highest BCUT2D eigenvalue weighted by Gasteiger charge is 2.01. The molecular formula is C19H35IN4O2. The number of benzene rings is 1. The maximum absolute atomic E-state index is 5.89. The lowest BCUT2D eigenvalue weighted by molar-refractivity contribution is 0.150. The second kappa shape index (κ2) is 15.0. The van der Waals surface area contributed by atoms with Gasteiger partial charge in [0.05, 0.1) is 13.2 Å². The Morgan fingerprint density at radius 1 is 1.27 bits per heavy atom. The number of likely N-dealkylation sites (N-methyl/N-ethyl adjacent to an activating group) is 1. The van der Waals surface area contributed by atoms with Crippen molar-refractivity contribution in [3.05, 3.63) is 29.8 Å². The van der Waals surface area contributed by atoms with Crippen molar-refractivity contribution in [2.45, 2.75) is 26.8 Å². The van der Waals surface area contributed by atoms with E-state index in [9.17, 15) is 0 Å². The van der Waals surface area contributed by atoms with E-state index < -0.39 is 0 Å². The van der Waals surface area contributed by atoms with Crippen LogP contribution in [0.25, 0.3) is 0 Å². The molecule has 0 bridgehead atoms. The first-order valence-electron chi connectivity index (χ1n) is 8.94. The van der Waals surface area contributed by atoms with E-state index in [0.717, 1.165) is 44.0 Å². The fourth-order valence-electron chi connectivity index (χ4n) is 2.13. The van der Waals surface area contributed by atoms with E-state index in [4.69, 9.17) is 15.2 Å². The van der Waals surface area contributed by atoms with Crippen molar-refractivity contribution in [2.24, 2.45) is 16.6 Å². The molecule has 150 valence electrons. The topological polar surface area (TPSA) is 72.1 Å². The summed E-state index contributed by atoms with van der Waals surface area (Å²) >= 11 is 0. The molecule has 0 aliphatic heterocycles. The van der Waals surface area contributed by atoms with Crippen LogP contribution in [0.2, 0.25) is 0 Å². The Morgan fingerprint density at radius 3 is 2.69 bits per heavy atom. The van der Waals surface area contributed by atoms with Crippen LogP contribution in [0.4, 0.5) is 0 Å². The lowest BCUT2D eigenvalue weighted by atomic mass is 10.1. The van der Waals surface area contributed by atoms with Gasteiger partial charge >= 0.3 is 0 Å². The van der Waals surface area contributed by atoms with Gasteiger partial charge in [-0.25, -0.2) is 4.99 Å². The van der Waals surface area contributed by atoms with Crippen molar-refractivity contribution in [3.8, 4) is 5.75 Å². The summed E-state index contributed by atoms with van der Waals surface area (Å²) in [6.45, 7) is 8.92. The average Bonchev–Trinajstić information content (AvgIpc) is 2.58. The third kappa shape index (κ3) is 12.3. The molecule has 0 spiro atoms. The summed E-state index contributed by atoms with van der Waals surface area (Å²) in [6, 6.07) is 7.99. The lowest BCUT2D eigenvalue weighted by Gasteiger charge is -2.16. The van der Waals surface area contributed by atoms with Crippen LogP contribution >= 0.6 is 24.0 Å². The first kappa shape index (κ1) is 24.9. The first-order valence-corrected chi connectivity index (χ1v) is 8.94. The van der Waals surface area contributed by atoms with Crippen molar-refractivity contribution in [3.63, 3.8) is 0 Å². The Morgan fingerprint density at radius 2 is 2.00 bits per heavy atom. The zero-order valence-corrected chi connectivity index (χ0v) is 18.9. The standard InChI is InChI=1S/C19H34N4O2.HI/c1-16(2)8-9-21-19(20)22-15-17-6-5-7-18(14-17)25-13-11-23(3)10-12-24-4;/h5-7,14,16H,8-13,15H2,1-4H3,(H3,20,21,22);1H. The largest absolute Gasteiger partial charge is 0.492 e. The van der Waals surface area contributed by atoms with Gasteiger partial charge in [0.25, 0.3) is 0 Å². The van der Waals surface area contributed by atoms with E-state index in [-0.39, 0.29) is 24.0 Å². The molecule has 3 N–H and O–H groups in total. The summed E-state index contributed by atoms with van der Waals surface area (Å²) in [6.07, 6.45) is 1.08. The summed E-state index contributed by atoms with van der Waals surface area (Å²) in [4.78, 5) is 6.56. The van der Waals surface area contributed by atoms with Crippen molar-refractivity contribution in [1.82, 2.24) is 10.2 Å². The van der Waals surface area contributed by atoms with E-state index in [1.54, 1.807) is 7.11 Å². The quantitative estimate of drug-likeness (QED) is 0.275. The molecule has 0 saturated carbocycles. The summed E-state index contributed by atoms with van der Waals surface area (Å²) in [7, 11) is 3.77. The van der Waals surface area contributed by atoms with Crippen LogP contribution in [-0.4, -0.2) is 57.9 Å². The maximum Gasteiger partial charge on any atom is 0.188 e. The molecule has 0 unspecified atom stereocenters. The highest BCUT2D eigenvalue weighted by Crippen LogP contribution is 2.14. The molecule has 0 heterocycles. The second-order valence-corrected chi connectivity index (χ2v) is 6.60. The number of ether oxygens (including phenoxy) is 2. The first-order chi connectivity index (χ1) is 12.0. The van der Waals surface area contributed by atoms with Crippen molar-refractivity contribution in [1.29, 1.82) is 0 Å². The summed E-state index contributed by atoms with van der Waals surface area (Å²) in [5, 5.41) is 3.14. The Balaban J connectivity index is 0.00000625. The smallest absolute Gasteiger partial charge is 0.188 e. The van der Waals surface area contributed by atoms with Crippen molar-refractivity contribution in [2.75, 3.05) is 47.0 Å². The minimum absolute atomic E-state index is 0. The van der Waals surface area contributed by atoms with Gasteiger partial charge in [0.1, 0.15) is 12.4 Å². The van der Waals surface area contributed by atoms with Gasteiger partial charge in [-0.1, -0.05) is 26.0 Å². The molecule has 0 saturated heterocycles. The molecule has 1 rings (SSSR count). The molecule has 0 aliphatic rings. The normalized spacial score (nSPS) is 11.5. The molecule has 0 fully saturated rings. The Bertz CT molecular complexity index is 512. The van der Waals surface area contributed by atoms with E-state index in [2.05, 4.69) is 36.1 Å². The summed E-state index contributed by atoms with van der Waals surface area (Å²) < 4.78 is 10.9. The van der Waals surface area contributed by atoms with Crippen LogP contribution < -0.4 is 15.8 Å². The minimum atomic E-state index is 0. The Labute approximate surface area is 175 Å². The molecule has 1 aromatic rings. The van der Waals surface area contributed by atoms with Gasteiger partial charge in [0.2, 0.25) is 0 Å². The zero-order chi connectivity index (χ0) is 18.5. The van der Waals surface area contributed by atoms with Gasteiger partial charge < -0.3 is 25.4 Å². The van der Waals surface area contributed by atoms with Gasteiger partial charge in [0.15, 0.2) is 5.96 Å². The van der Waals surface area contributed by atoms with Gasteiger partial charge in [-0.2, -0.15) is 0 Å². The summed E-state index contributed by atoms with van der Waals surface area (Å²) in [5.74, 6) is 2.01. The zero-order valence-electron chi connectivity index (χ0n) is 16.5. The molecule has 0 aromatic heterocycles. The number of nitrogens with two attached hydrogens (primary N) is 1. The minimum Gasteiger partial charge on any atom is -0.492 e. The highest BCUT2D eigenvalue weighted by molar-refractivity contribution is 14.0. The summed E-state index contributed by atoms with van der Waals surface area (Å²) in [5.41, 5.74) is 6.97. The lowest BCUT2D eigenvalue weighted by Crippen LogP contribution is -2.32. The monoisotopic (exact) mass is 478 g/mol. The Kier molecular flexibility index (Phi) is 14.4. The van der Waals surface area contributed by atoms with E-state index >= 15 is 0 Å². The van der Waals surface area contributed by atoms with Crippen LogP contribution in [0.15, 0.2) is 29.3 Å². The molecule has 0 aliphatic carbocycles. The van der Waals surface area contributed by atoms with Crippen molar-refractivity contribution >= 4 is 29.9 Å². The SMILES string of the molecule is COCCN(C)CCOc1cccc(CN=C(N)NCCC(C)C)c1.I. The van der Waals surface area contributed by atoms with Gasteiger partial charge in [-0.05, 0) is 37.1 Å².